The predicted octanol–water partition coefficient (Wildman–Crippen LogP) is 3.15. The number of benzene rings is 2. The largest absolute Gasteiger partial charge is 0.372 e. The Labute approximate surface area is 137 Å². The van der Waals surface area contributed by atoms with Crippen LogP contribution in [0.5, 0.6) is 0 Å². The third kappa shape index (κ3) is 3.63. The standard InChI is InChI=1S/C18H21NO3S/c1-14-7-6-8-16(11-14)15(2)19(12-17-13-22-17)23(20,21)18-9-4-3-5-10-18/h3-11,15,17H,12-13H2,1-2H3. The normalized spacial score (nSPS) is 18.8. The van der Waals surface area contributed by atoms with Gasteiger partial charge in [0, 0.05) is 12.6 Å². The van der Waals surface area contributed by atoms with Crippen LogP contribution in [-0.2, 0) is 14.8 Å². The highest BCUT2D eigenvalue weighted by Crippen LogP contribution is 2.30. The fourth-order valence-corrected chi connectivity index (χ4v) is 4.34. The summed E-state index contributed by atoms with van der Waals surface area (Å²) in [6.45, 7) is 4.95. The van der Waals surface area contributed by atoms with E-state index < -0.39 is 10.0 Å². The highest BCUT2D eigenvalue weighted by molar-refractivity contribution is 7.89. The molecule has 0 aliphatic carbocycles. The summed E-state index contributed by atoms with van der Waals surface area (Å²) in [5, 5.41) is 0. The molecule has 0 bridgehead atoms. The molecule has 2 atom stereocenters. The highest BCUT2D eigenvalue weighted by atomic mass is 32.2. The summed E-state index contributed by atoms with van der Waals surface area (Å²) in [6, 6.07) is 16.3. The Morgan fingerprint density at radius 1 is 1.17 bits per heavy atom. The predicted molar refractivity (Wildman–Crippen MR) is 89.7 cm³/mol. The maximum Gasteiger partial charge on any atom is 0.243 e. The molecule has 2 unspecified atom stereocenters. The van der Waals surface area contributed by atoms with Crippen molar-refractivity contribution in [2.75, 3.05) is 13.2 Å². The van der Waals surface area contributed by atoms with E-state index in [1.54, 1.807) is 28.6 Å². The van der Waals surface area contributed by atoms with Crippen molar-refractivity contribution in [3.63, 3.8) is 0 Å². The zero-order chi connectivity index (χ0) is 16.4. The summed E-state index contributed by atoms with van der Waals surface area (Å²) in [5.41, 5.74) is 2.11. The minimum atomic E-state index is -3.56. The maximum atomic E-state index is 13.1. The number of nitrogens with zero attached hydrogens (tertiary/aromatic N) is 1. The first-order valence-electron chi connectivity index (χ1n) is 7.73. The van der Waals surface area contributed by atoms with Crippen molar-refractivity contribution in [3.8, 4) is 0 Å². The maximum absolute atomic E-state index is 13.1. The molecule has 0 N–H and O–H groups in total. The van der Waals surface area contributed by atoms with E-state index in [1.165, 1.54) is 0 Å². The molecule has 5 heteroatoms. The van der Waals surface area contributed by atoms with Gasteiger partial charge in [-0.1, -0.05) is 48.0 Å². The summed E-state index contributed by atoms with van der Waals surface area (Å²) in [7, 11) is -3.56. The Bertz CT molecular complexity index is 770. The molecule has 3 rings (SSSR count). The van der Waals surface area contributed by atoms with Gasteiger partial charge in [-0.05, 0) is 31.5 Å². The molecule has 1 aliphatic rings. The van der Waals surface area contributed by atoms with Gasteiger partial charge in [-0.25, -0.2) is 8.42 Å². The second-order valence-corrected chi connectivity index (χ2v) is 7.82. The molecule has 2 aromatic carbocycles. The zero-order valence-electron chi connectivity index (χ0n) is 13.3. The SMILES string of the molecule is Cc1cccc(C(C)N(CC2CO2)S(=O)(=O)c2ccccc2)c1. The van der Waals surface area contributed by atoms with Crippen molar-refractivity contribution in [2.24, 2.45) is 0 Å². The number of hydrogen-bond donors (Lipinski definition) is 0. The average Bonchev–Trinajstić information content (AvgIpc) is 3.37. The van der Waals surface area contributed by atoms with Crippen LogP contribution in [0.1, 0.15) is 24.1 Å². The van der Waals surface area contributed by atoms with Gasteiger partial charge in [0.1, 0.15) is 0 Å². The van der Waals surface area contributed by atoms with E-state index in [2.05, 4.69) is 0 Å². The second-order valence-electron chi connectivity index (χ2n) is 5.93. The molecule has 2 aromatic rings. The Morgan fingerprint density at radius 2 is 1.87 bits per heavy atom. The van der Waals surface area contributed by atoms with E-state index in [9.17, 15) is 8.42 Å². The molecule has 1 aliphatic heterocycles. The van der Waals surface area contributed by atoms with Gasteiger partial charge >= 0.3 is 0 Å². The minimum absolute atomic E-state index is 0.000691. The van der Waals surface area contributed by atoms with Crippen LogP contribution in [-0.4, -0.2) is 32.0 Å². The van der Waals surface area contributed by atoms with Crippen LogP contribution >= 0.6 is 0 Å². The molecule has 122 valence electrons. The Morgan fingerprint density at radius 3 is 2.48 bits per heavy atom. The second kappa shape index (κ2) is 6.43. The Kier molecular flexibility index (Phi) is 4.53. The van der Waals surface area contributed by atoms with Crippen molar-refractivity contribution < 1.29 is 13.2 Å². The third-order valence-corrected chi connectivity index (χ3v) is 6.04. The molecule has 1 saturated heterocycles. The van der Waals surface area contributed by atoms with Gasteiger partial charge in [0.05, 0.1) is 17.6 Å². The quantitative estimate of drug-likeness (QED) is 0.764. The van der Waals surface area contributed by atoms with Gasteiger partial charge in [0.15, 0.2) is 0 Å². The van der Waals surface area contributed by atoms with Crippen LogP contribution in [0.4, 0.5) is 0 Å². The van der Waals surface area contributed by atoms with Gasteiger partial charge in [-0.2, -0.15) is 4.31 Å². The molecule has 1 heterocycles. The van der Waals surface area contributed by atoms with Gasteiger partial charge in [0.25, 0.3) is 0 Å². The van der Waals surface area contributed by atoms with Crippen molar-refractivity contribution >= 4 is 10.0 Å². The molecule has 0 aromatic heterocycles. The molecule has 23 heavy (non-hydrogen) atoms. The Balaban J connectivity index is 1.97. The van der Waals surface area contributed by atoms with Gasteiger partial charge in [0.2, 0.25) is 10.0 Å². The third-order valence-electron chi connectivity index (χ3n) is 4.09. The lowest BCUT2D eigenvalue weighted by Gasteiger charge is -2.28. The van der Waals surface area contributed by atoms with Gasteiger partial charge in [-0.3, -0.25) is 0 Å². The molecule has 4 nitrogen and oxygen atoms in total. The van der Waals surface area contributed by atoms with Crippen molar-refractivity contribution in [1.29, 1.82) is 0 Å². The molecule has 0 amide bonds. The lowest BCUT2D eigenvalue weighted by Crippen LogP contribution is -2.36. The summed E-state index contributed by atoms with van der Waals surface area (Å²) >= 11 is 0. The topological polar surface area (TPSA) is 49.9 Å². The van der Waals surface area contributed by atoms with E-state index in [-0.39, 0.29) is 12.1 Å². The highest BCUT2D eigenvalue weighted by Gasteiger charge is 2.36. The van der Waals surface area contributed by atoms with E-state index in [0.717, 1.165) is 11.1 Å². The molecular formula is C18H21NO3S. The monoisotopic (exact) mass is 331 g/mol. The molecule has 0 spiro atoms. The minimum Gasteiger partial charge on any atom is -0.372 e. The van der Waals surface area contributed by atoms with E-state index in [1.807, 2.05) is 44.2 Å². The Hall–Kier alpha value is -1.69. The van der Waals surface area contributed by atoms with Gasteiger partial charge < -0.3 is 4.74 Å². The van der Waals surface area contributed by atoms with Crippen LogP contribution in [0.25, 0.3) is 0 Å². The van der Waals surface area contributed by atoms with E-state index >= 15 is 0 Å². The van der Waals surface area contributed by atoms with Crippen LogP contribution < -0.4 is 0 Å². The number of rotatable bonds is 6. The number of epoxide rings is 1. The molecule has 0 saturated carbocycles. The fourth-order valence-electron chi connectivity index (χ4n) is 2.66. The molecular weight excluding hydrogens is 310 g/mol. The summed E-state index contributed by atoms with van der Waals surface area (Å²) in [5.74, 6) is 0. The molecule has 0 radical (unpaired) electrons. The number of hydrogen-bond acceptors (Lipinski definition) is 3. The molecule has 1 fully saturated rings. The number of ether oxygens (including phenoxy) is 1. The van der Waals surface area contributed by atoms with Crippen LogP contribution in [0, 0.1) is 6.92 Å². The van der Waals surface area contributed by atoms with Crippen molar-refractivity contribution in [1.82, 2.24) is 4.31 Å². The van der Waals surface area contributed by atoms with Gasteiger partial charge in [-0.15, -0.1) is 0 Å². The summed E-state index contributed by atoms with van der Waals surface area (Å²) < 4.78 is 33.0. The zero-order valence-corrected chi connectivity index (χ0v) is 14.2. The van der Waals surface area contributed by atoms with Crippen molar-refractivity contribution in [3.05, 3.63) is 65.7 Å². The smallest absolute Gasteiger partial charge is 0.243 e. The van der Waals surface area contributed by atoms with Crippen LogP contribution in [0.3, 0.4) is 0 Å². The first-order valence-corrected chi connectivity index (χ1v) is 9.17. The number of aryl methyl sites for hydroxylation is 1. The number of sulfonamides is 1. The summed E-state index contributed by atoms with van der Waals surface area (Å²) in [4.78, 5) is 0.320. The van der Waals surface area contributed by atoms with E-state index in [4.69, 9.17) is 4.74 Å². The first kappa shape index (κ1) is 16.2. The van der Waals surface area contributed by atoms with Crippen LogP contribution in [0.2, 0.25) is 0 Å². The fraction of sp³-hybridized carbons (Fsp3) is 0.333. The van der Waals surface area contributed by atoms with Crippen LogP contribution in [0.15, 0.2) is 59.5 Å². The first-order chi connectivity index (χ1) is 11.0. The average molecular weight is 331 g/mol. The lowest BCUT2D eigenvalue weighted by molar-refractivity contribution is 0.295. The lowest BCUT2D eigenvalue weighted by atomic mass is 10.1. The van der Waals surface area contributed by atoms with E-state index in [0.29, 0.717) is 18.0 Å². The summed E-state index contributed by atoms with van der Waals surface area (Å²) in [6.07, 6.45) is 0.000691. The van der Waals surface area contributed by atoms with Crippen molar-refractivity contribution in [2.45, 2.75) is 30.9 Å².